The first-order valence-electron chi connectivity index (χ1n) is 20.0. The van der Waals surface area contributed by atoms with Gasteiger partial charge in [0.05, 0.1) is 34.2 Å². The first kappa shape index (κ1) is 48.2. The number of ether oxygens (including phenoxy) is 4. The zero-order valence-electron chi connectivity index (χ0n) is 36.5. The molecule has 0 saturated carbocycles. The Morgan fingerprint density at radius 3 is 1.13 bits per heavy atom. The highest BCUT2D eigenvalue weighted by Crippen LogP contribution is 2.29. The van der Waals surface area contributed by atoms with Gasteiger partial charge in [0.15, 0.2) is 0 Å². The zero-order valence-corrected chi connectivity index (χ0v) is 38.2. The van der Waals surface area contributed by atoms with Crippen molar-refractivity contribution in [3.05, 3.63) is 131 Å². The maximum Gasteiger partial charge on any atom is 0.236 e. The summed E-state index contributed by atoms with van der Waals surface area (Å²) in [5.41, 5.74) is 4.16. The van der Waals surface area contributed by atoms with E-state index in [1.807, 2.05) is 72.8 Å². The molecular formula is C46H64N4O8S2. The smallest absolute Gasteiger partial charge is 0.236 e. The fourth-order valence-electron chi connectivity index (χ4n) is 6.44. The van der Waals surface area contributed by atoms with Gasteiger partial charge in [-0.3, -0.25) is 4.90 Å². The molecule has 328 valence electrons. The van der Waals surface area contributed by atoms with Crippen LogP contribution in [-0.2, 0) is 46.2 Å². The number of nitrogens with one attached hydrogen (secondary N) is 1. The van der Waals surface area contributed by atoms with Gasteiger partial charge in [-0.05, 0) is 118 Å². The van der Waals surface area contributed by atoms with Gasteiger partial charge in [0.25, 0.3) is 0 Å². The lowest BCUT2D eigenvalue weighted by molar-refractivity contribution is 0.0223. The Morgan fingerprint density at radius 1 is 0.600 bits per heavy atom. The number of nitrogens with zero attached hydrogens (tertiary/aromatic N) is 3. The fourth-order valence-corrected chi connectivity index (χ4v) is 8.71. The topological polar surface area (TPSA) is 127 Å². The van der Waals surface area contributed by atoms with Crippen molar-refractivity contribution < 1.29 is 35.8 Å². The van der Waals surface area contributed by atoms with E-state index in [2.05, 4.69) is 44.5 Å². The Labute approximate surface area is 359 Å². The standard InChI is InChI=1S/C23H32N2O4S.C18H21NO4S.C5H11N/c1-23(2)13-14-24(23)15-16-30(26,27)25(17-19-5-9-21(28-3)10-6-19)18-20-7-11-22(29-4)12-8-20;1-4-24(20,21)19(13-15-5-9-17(22-2)10-6-15)14-16-7-11-18(23-3)12-8-16;1-5(2)3-4-6-5/h5-12H,13-18H2,1-4H3;4-12H,1,13-14H2,2-3H3;6H,3-4H2,1-2H3. The third-order valence-electron chi connectivity index (χ3n) is 10.9. The summed E-state index contributed by atoms with van der Waals surface area (Å²) < 4.78 is 74.8. The van der Waals surface area contributed by atoms with Crippen LogP contribution in [0.3, 0.4) is 0 Å². The van der Waals surface area contributed by atoms with Gasteiger partial charge in [-0.25, -0.2) is 16.8 Å². The van der Waals surface area contributed by atoms with Crippen molar-refractivity contribution >= 4 is 20.0 Å². The summed E-state index contributed by atoms with van der Waals surface area (Å²) >= 11 is 0. The summed E-state index contributed by atoms with van der Waals surface area (Å²) in [7, 11) is -0.579. The normalized spacial score (nSPS) is 15.6. The van der Waals surface area contributed by atoms with Crippen LogP contribution in [0.15, 0.2) is 109 Å². The van der Waals surface area contributed by atoms with Crippen LogP contribution in [0.1, 0.15) is 62.8 Å². The molecular weight excluding hydrogens is 801 g/mol. The zero-order chi connectivity index (χ0) is 44.0. The Morgan fingerprint density at radius 2 is 0.917 bits per heavy atom. The van der Waals surface area contributed by atoms with Gasteiger partial charge in [0.2, 0.25) is 20.0 Å². The second kappa shape index (κ2) is 21.9. The summed E-state index contributed by atoms with van der Waals surface area (Å²) in [5.74, 6) is 3.08. The molecule has 2 heterocycles. The van der Waals surface area contributed by atoms with Crippen molar-refractivity contribution in [2.75, 3.05) is 53.8 Å². The van der Waals surface area contributed by atoms with Crippen molar-refractivity contribution in [3.8, 4) is 23.0 Å². The number of hydrogen-bond donors (Lipinski definition) is 1. The molecule has 2 saturated heterocycles. The molecule has 6 rings (SSSR count). The SMILES string of the molecule is C=CS(=O)(=O)N(Cc1ccc(OC)cc1)Cc1ccc(OC)cc1.CC1(C)CCN1.COc1ccc(CN(Cc2ccc(OC)cc2)S(=O)(=O)CCN2CCC2(C)C)cc1. The van der Waals surface area contributed by atoms with Gasteiger partial charge in [0.1, 0.15) is 23.0 Å². The van der Waals surface area contributed by atoms with Gasteiger partial charge in [0, 0.05) is 55.8 Å². The van der Waals surface area contributed by atoms with Crippen LogP contribution in [0.4, 0.5) is 0 Å². The molecule has 4 aromatic carbocycles. The molecule has 0 spiro atoms. The molecule has 0 atom stereocenters. The van der Waals surface area contributed by atoms with E-state index in [1.165, 1.54) is 17.3 Å². The van der Waals surface area contributed by atoms with Crippen molar-refractivity contribution in [3.63, 3.8) is 0 Å². The summed E-state index contributed by atoms with van der Waals surface area (Å²) in [6, 6.07) is 29.7. The van der Waals surface area contributed by atoms with E-state index in [1.54, 1.807) is 57.0 Å². The lowest BCUT2D eigenvalue weighted by atomic mass is 9.89. The molecule has 2 fully saturated rings. The van der Waals surface area contributed by atoms with Crippen molar-refractivity contribution in [1.29, 1.82) is 0 Å². The summed E-state index contributed by atoms with van der Waals surface area (Å²) in [6.45, 7) is 16.1. The summed E-state index contributed by atoms with van der Waals surface area (Å²) in [5, 5.41) is 4.26. The summed E-state index contributed by atoms with van der Waals surface area (Å²) in [4.78, 5) is 2.24. The second-order valence-corrected chi connectivity index (χ2v) is 20.0. The van der Waals surface area contributed by atoms with E-state index >= 15 is 0 Å². The van der Waals surface area contributed by atoms with Gasteiger partial charge in [-0.1, -0.05) is 55.1 Å². The maximum absolute atomic E-state index is 13.3. The Balaban J connectivity index is 0.000000236. The highest BCUT2D eigenvalue weighted by Gasteiger charge is 2.36. The summed E-state index contributed by atoms with van der Waals surface area (Å²) in [6.07, 6.45) is 2.45. The largest absolute Gasteiger partial charge is 0.497 e. The molecule has 0 amide bonds. The predicted octanol–water partition coefficient (Wildman–Crippen LogP) is 7.46. The molecule has 2 aliphatic rings. The van der Waals surface area contributed by atoms with E-state index < -0.39 is 20.0 Å². The molecule has 0 aromatic heterocycles. The Bertz CT molecular complexity index is 2040. The number of methoxy groups -OCH3 is 4. The lowest BCUT2D eigenvalue weighted by Crippen LogP contribution is -2.57. The lowest BCUT2D eigenvalue weighted by Gasteiger charge is -2.48. The van der Waals surface area contributed by atoms with Gasteiger partial charge in [-0.15, -0.1) is 0 Å². The first-order valence-corrected chi connectivity index (χ1v) is 23.2. The molecule has 4 aromatic rings. The number of sulfonamides is 2. The van der Waals surface area contributed by atoms with Gasteiger partial charge < -0.3 is 24.3 Å². The molecule has 0 unspecified atom stereocenters. The molecule has 12 nitrogen and oxygen atoms in total. The Kier molecular flexibility index (Phi) is 17.6. The molecule has 60 heavy (non-hydrogen) atoms. The Hall–Kier alpha value is -4.44. The fraction of sp³-hybridized carbons (Fsp3) is 0.435. The molecule has 0 radical (unpaired) electrons. The molecule has 0 bridgehead atoms. The average Bonchev–Trinajstić information content (AvgIpc) is 3.23. The van der Waals surface area contributed by atoms with Crippen molar-refractivity contribution in [2.45, 2.75) is 77.8 Å². The van der Waals surface area contributed by atoms with Crippen molar-refractivity contribution in [1.82, 2.24) is 18.8 Å². The minimum Gasteiger partial charge on any atom is -0.497 e. The van der Waals surface area contributed by atoms with Gasteiger partial charge >= 0.3 is 0 Å². The van der Waals surface area contributed by atoms with E-state index in [4.69, 9.17) is 18.9 Å². The third-order valence-corrected chi connectivity index (χ3v) is 14.0. The quantitative estimate of drug-likeness (QED) is 0.108. The van der Waals surface area contributed by atoms with E-state index in [9.17, 15) is 16.8 Å². The highest BCUT2D eigenvalue weighted by molar-refractivity contribution is 7.92. The van der Waals surface area contributed by atoms with Crippen molar-refractivity contribution in [2.24, 2.45) is 0 Å². The van der Waals surface area contributed by atoms with Gasteiger partial charge in [-0.2, -0.15) is 8.61 Å². The number of hydrogen-bond acceptors (Lipinski definition) is 10. The van der Waals surface area contributed by atoms with Crippen LogP contribution in [0.5, 0.6) is 23.0 Å². The molecule has 1 N–H and O–H groups in total. The average molecular weight is 865 g/mol. The molecule has 2 aliphatic heterocycles. The van der Waals surface area contributed by atoms with Crippen LogP contribution in [0, 0.1) is 0 Å². The van der Waals surface area contributed by atoms with E-state index in [0.717, 1.165) is 63.6 Å². The van der Waals surface area contributed by atoms with E-state index in [-0.39, 0.29) is 24.4 Å². The second-order valence-electron chi connectivity index (χ2n) is 16.1. The minimum absolute atomic E-state index is 0.0896. The first-order chi connectivity index (χ1) is 28.4. The third kappa shape index (κ3) is 14.6. The van der Waals surface area contributed by atoms with Crippen LogP contribution in [-0.4, -0.2) is 95.3 Å². The minimum atomic E-state index is -3.55. The molecule has 14 heteroatoms. The maximum atomic E-state index is 13.3. The molecule has 0 aliphatic carbocycles. The predicted molar refractivity (Wildman–Crippen MR) is 240 cm³/mol. The monoisotopic (exact) mass is 864 g/mol. The van der Waals surface area contributed by atoms with Crippen LogP contribution < -0.4 is 24.3 Å². The van der Waals surface area contributed by atoms with E-state index in [0.29, 0.717) is 25.2 Å². The van der Waals surface area contributed by atoms with Crippen LogP contribution >= 0.6 is 0 Å². The van der Waals surface area contributed by atoms with Crippen LogP contribution in [0.2, 0.25) is 0 Å². The van der Waals surface area contributed by atoms with Crippen LogP contribution in [0.25, 0.3) is 0 Å². The number of rotatable bonds is 18. The number of benzene rings is 4. The number of likely N-dealkylation sites (tertiary alicyclic amines) is 1. The highest BCUT2D eigenvalue weighted by atomic mass is 32.2.